The Morgan fingerprint density at radius 3 is 2.21 bits per heavy atom. The highest BCUT2D eigenvalue weighted by Gasteiger charge is 2.28. The highest BCUT2D eigenvalue weighted by Crippen LogP contribution is 2.34. The van der Waals surface area contributed by atoms with Crippen LogP contribution in [0.15, 0.2) is 24.3 Å². The molecule has 0 atom stereocenters. The van der Waals surface area contributed by atoms with Crippen LogP contribution in [0.4, 0.5) is 0 Å². The van der Waals surface area contributed by atoms with E-state index < -0.39 is 7.12 Å². The molecule has 1 heterocycles. The number of hydrogen-bond acceptors (Lipinski definition) is 3. The molecule has 1 aromatic rings. The number of rotatable bonds is 4. The Labute approximate surface area is 116 Å². The van der Waals surface area contributed by atoms with Crippen molar-refractivity contribution in [1.29, 1.82) is 0 Å². The highest BCUT2D eigenvalue weighted by molar-refractivity contribution is 6.58. The summed E-state index contributed by atoms with van der Waals surface area (Å²) in [6.45, 7) is 7.96. The van der Waals surface area contributed by atoms with Gasteiger partial charge in [0.25, 0.3) is 0 Å². The zero-order valence-electron chi connectivity index (χ0n) is 12.0. The van der Waals surface area contributed by atoms with E-state index in [-0.39, 0.29) is 0 Å². The van der Waals surface area contributed by atoms with Crippen molar-refractivity contribution < 1.29 is 10.0 Å². The molecule has 104 valence electrons. The van der Waals surface area contributed by atoms with E-state index >= 15 is 0 Å². The summed E-state index contributed by atoms with van der Waals surface area (Å²) in [5.41, 5.74) is 2.33. The van der Waals surface area contributed by atoms with Gasteiger partial charge in [-0.1, -0.05) is 44.5 Å². The Morgan fingerprint density at radius 1 is 1.16 bits per heavy atom. The molecule has 0 unspecified atom stereocenters. The zero-order valence-corrected chi connectivity index (χ0v) is 12.0. The molecule has 1 fully saturated rings. The van der Waals surface area contributed by atoms with Crippen molar-refractivity contribution in [3.8, 4) is 0 Å². The van der Waals surface area contributed by atoms with Gasteiger partial charge in [0, 0.05) is 6.54 Å². The van der Waals surface area contributed by atoms with Crippen molar-refractivity contribution in [2.75, 3.05) is 13.1 Å². The molecular weight excluding hydrogens is 237 g/mol. The lowest BCUT2D eigenvalue weighted by atomic mass is 9.78. The first-order chi connectivity index (χ1) is 9.02. The Hall–Kier alpha value is -0.835. The van der Waals surface area contributed by atoms with Crippen LogP contribution in [-0.2, 0) is 6.54 Å². The fraction of sp³-hybridized carbons (Fsp3) is 0.600. The number of likely N-dealkylation sites (tertiary alicyclic amines) is 1. The molecule has 1 aromatic carbocycles. The van der Waals surface area contributed by atoms with Gasteiger partial charge in [0.1, 0.15) is 0 Å². The van der Waals surface area contributed by atoms with Gasteiger partial charge in [0.2, 0.25) is 0 Å². The molecule has 1 aliphatic heterocycles. The van der Waals surface area contributed by atoms with Gasteiger partial charge >= 0.3 is 7.12 Å². The van der Waals surface area contributed by atoms with Crippen LogP contribution >= 0.6 is 0 Å². The summed E-state index contributed by atoms with van der Waals surface area (Å²) >= 11 is 0. The minimum atomic E-state index is -1.37. The van der Waals surface area contributed by atoms with Crippen molar-refractivity contribution in [2.45, 2.75) is 39.7 Å². The van der Waals surface area contributed by atoms with Crippen molar-refractivity contribution in [3.05, 3.63) is 29.8 Å². The Morgan fingerprint density at radius 2 is 1.74 bits per heavy atom. The van der Waals surface area contributed by atoms with E-state index in [9.17, 15) is 0 Å². The van der Waals surface area contributed by atoms with Gasteiger partial charge in [0.05, 0.1) is 0 Å². The van der Waals surface area contributed by atoms with E-state index in [4.69, 9.17) is 10.0 Å². The Balaban J connectivity index is 1.89. The van der Waals surface area contributed by atoms with Crippen LogP contribution in [0.3, 0.4) is 0 Å². The molecule has 1 saturated heterocycles. The molecular formula is C15H24BNO2. The average molecular weight is 261 g/mol. The van der Waals surface area contributed by atoms with Gasteiger partial charge < -0.3 is 10.0 Å². The van der Waals surface area contributed by atoms with Crippen LogP contribution in [0, 0.1) is 5.41 Å². The van der Waals surface area contributed by atoms with Crippen LogP contribution in [0.1, 0.15) is 38.7 Å². The summed E-state index contributed by atoms with van der Waals surface area (Å²) in [5.74, 6) is 0. The molecule has 0 aromatic heterocycles. The lowest BCUT2D eigenvalue weighted by molar-refractivity contribution is 0.109. The van der Waals surface area contributed by atoms with Gasteiger partial charge in [-0.3, -0.25) is 4.90 Å². The van der Waals surface area contributed by atoms with E-state index in [1.807, 2.05) is 12.1 Å². The van der Waals surface area contributed by atoms with E-state index in [1.54, 1.807) is 12.1 Å². The molecule has 0 aliphatic carbocycles. The predicted molar refractivity (Wildman–Crippen MR) is 79.2 cm³/mol. The number of benzene rings is 1. The van der Waals surface area contributed by atoms with Crippen molar-refractivity contribution >= 4 is 12.6 Å². The molecule has 0 saturated carbocycles. The molecule has 3 nitrogen and oxygen atoms in total. The first kappa shape index (κ1) is 14.6. The molecule has 0 radical (unpaired) electrons. The second-order valence-electron chi connectivity index (χ2n) is 6.06. The molecule has 0 bridgehead atoms. The van der Waals surface area contributed by atoms with Crippen molar-refractivity contribution in [2.24, 2.45) is 5.41 Å². The normalized spacial score (nSPS) is 19.4. The topological polar surface area (TPSA) is 43.7 Å². The summed E-state index contributed by atoms with van der Waals surface area (Å²) in [7, 11) is -1.37. The van der Waals surface area contributed by atoms with Crippen LogP contribution in [-0.4, -0.2) is 35.2 Å². The standard InChI is InChI=1S/C15H24BNO2/c1-3-15(2)8-10-17(11-9-15)12-13-4-6-14(7-5-13)16(18)19/h4-7,18-19H,3,8-12H2,1-2H3. The fourth-order valence-corrected chi connectivity index (χ4v) is 2.66. The van der Waals surface area contributed by atoms with Crippen LogP contribution in [0.5, 0.6) is 0 Å². The molecule has 1 aliphatic rings. The minimum absolute atomic E-state index is 0.529. The summed E-state index contributed by atoms with van der Waals surface area (Å²) in [4.78, 5) is 2.49. The summed E-state index contributed by atoms with van der Waals surface area (Å²) in [6, 6.07) is 7.56. The van der Waals surface area contributed by atoms with Gasteiger partial charge in [0.15, 0.2) is 0 Å². The molecule has 2 N–H and O–H groups in total. The third-order valence-corrected chi connectivity index (χ3v) is 4.60. The van der Waals surface area contributed by atoms with Gasteiger partial charge in [-0.05, 0) is 42.4 Å². The average Bonchev–Trinajstić information content (AvgIpc) is 2.42. The monoisotopic (exact) mass is 261 g/mol. The summed E-state index contributed by atoms with van der Waals surface area (Å²) in [6.07, 6.45) is 3.82. The first-order valence-corrected chi connectivity index (χ1v) is 7.20. The summed E-state index contributed by atoms with van der Waals surface area (Å²) < 4.78 is 0. The first-order valence-electron chi connectivity index (χ1n) is 7.20. The number of nitrogens with zero attached hydrogens (tertiary/aromatic N) is 1. The van der Waals surface area contributed by atoms with Crippen molar-refractivity contribution in [3.63, 3.8) is 0 Å². The molecule has 2 rings (SSSR count). The maximum absolute atomic E-state index is 9.07. The lowest BCUT2D eigenvalue weighted by Gasteiger charge is -2.39. The van der Waals surface area contributed by atoms with E-state index in [0.717, 1.165) is 19.6 Å². The fourth-order valence-electron chi connectivity index (χ4n) is 2.66. The van der Waals surface area contributed by atoms with Crippen LogP contribution in [0.2, 0.25) is 0 Å². The predicted octanol–water partition coefficient (Wildman–Crippen LogP) is 1.38. The maximum Gasteiger partial charge on any atom is 0.488 e. The van der Waals surface area contributed by atoms with E-state index in [1.165, 1.54) is 24.8 Å². The Bertz CT molecular complexity index is 397. The largest absolute Gasteiger partial charge is 0.488 e. The maximum atomic E-state index is 9.07. The number of hydrogen-bond donors (Lipinski definition) is 2. The van der Waals surface area contributed by atoms with E-state index in [0.29, 0.717) is 10.9 Å². The third-order valence-electron chi connectivity index (χ3n) is 4.60. The second-order valence-corrected chi connectivity index (χ2v) is 6.06. The van der Waals surface area contributed by atoms with Crippen LogP contribution in [0.25, 0.3) is 0 Å². The van der Waals surface area contributed by atoms with Gasteiger partial charge in [-0.25, -0.2) is 0 Å². The minimum Gasteiger partial charge on any atom is -0.423 e. The third kappa shape index (κ3) is 3.82. The summed E-state index contributed by atoms with van der Waals surface area (Å²) in [5, 5.41) is 18.1. The van der Waals surface area contributed by atoms with Crippen LogP contribution < -0.4 is 5.46 Å². The quantitative estimate of drug-likeness (QED) is 0.805. The SMILES string of the molecule is CCC1(C)CCN(Cc2ccc(B(O)O)cc2)CC1. The smallest absolute Gasteiger partial charge is 0.423 e. The van der Waals surface area contributed by atoms with E-state index in [2.05, 4.69) is 18.7 Å². The molecule has 0 amide bonds. The molecule has 19 heavy (non-hydrogen) atoms. The van der Waals surface area contributed by atoms with Crippen molar-refractivity contribution in [1.82, 2.24) is 4.90 Å². The van der Waals surface area contributed by atoms with Gasteiger partial charge in [-0.15, -0.1) is 0 Å². The Kier molecular flexibility index (Phi) is 4.66. The highest BCUT2D eigenvalue weighted by atomic mass is 16.4. The molecule has 4 heteroatoms. The van der Waals surface area contributed by atoms with Gasteiger partial charge in [-0.2, -0.15) is 0 Å². The number of piperidine rings is 1. The zero-order chi connectivity index (χ0) is 13.9. The second kappa shape index (κ2) is 6.08. The molecule has 0 spiro atoms. The lowest BCUT2D eigenvalue weighted by Crippen LogP contribution is -2.38.